The first-order chi connectivity index (χ1) is 20.7. The van der Waals surface area contributed by atoms with Crippen molar-refractivity contribution in [3.8, 4) is 0 Å². The molecule has 0 aromatic heterocycles. The van der Waals surface area contributed by atoms with Crippen molar-refractivity contribution < 1.29 is 0 Å². The van der Waals surface area contributed by atoms with Gasteiger partial charge in [0.1, 0.15) is 0 Å². The summed E-state index contributed by atoms with van der Waals surface area (Å²) >= 11 is 2.10. The summed E-state index contributed by atoms with van der Waals surface area (Å²) in [6, 6.07) is 26.2. The molecule has 0 saturated carbocycles. The lowest BCUT2D eigenvalue weighted by atomic mass is 9.75. The molecular formula is C41H38S. The van der Waals surface area contributed by atoms with E-state index in [2.05, 4.69) is 147 Å². The average molecular weight is 563 g/mol. The Hall–Kier alpha value is -3.81. The number of thioether (sulfide) groups is 1. The van der Waals surface area contributed by atoms with E-state index in [1.807, 2.05) is 6.08 Å². The fourth-order valence-corrected chi connectivity index (χ4v) is 8.72. The summed E-state index contributed by atoms with van der Waals surface area (Å²) in [5.74, 6) is 1.75. The van der Waals surface area contributed by atoms with Crippen LogP contribution in [0.1, 0.15) is 54.9 Å². The maximum Gasteiger partial charge on any atom is 0.0381 e. The van der Waals surface area contributed by atoms with Crippen molar-refractivity contribution in [3.63, 3.8) is 0 Å². The summed E-state index contributed by atoms with van der Waals surface area (Å²) in [7, 11) is 0. The largest absolute Gasteiger partial charge is 0.117 e. The van der Waals surface area contributed by atoms with E-state index in [-0.39, 0.29) is 0 Å². The molecule has 4 aliphatic carbocycles. The maximum absolute atomic E-state index is 3.98. The normalized spacial score (nSPS) is 25.6. The topological polar surface area (TPSA) is 0 Å². The van der Waals surface area contributed by atoms with Gasteiger partial charge in [0.25, 0.3) is 0 Å². The van der Waals surface area contributed by atoms with Crippen molar-refractivity contribution in [3.05, 3.63) is 173 Å². The Labute approximate surface area is 255 Å². The zero-order chi connectivity index (χ0) is 28.5. The minimum atomic E-state index is 0.471. The van der Waals surface area contributed by atoms with E-state index in [4.69, 9.17) is 0 Å². The first kappa shape index (κ1) is 27.0. The van der Waals surface area contributed by atoms with Crippen LogP contribution in [0.2, 0.25) is 0 Å². The highest BCUT2D eigenvalue weighted by molar-refractivity contribution is 8.09. The monoisotopic (exact) mass is 562 g/mol. The molecule has 2 aromatic carbocycles. The van der Waals surface area contributed by atoms with E-state index < -0.39 is 0 Å². The van der Waals surface area contributed by atoms with E-state index in [0.717, 1.165) is 12.8 Å². The number of benzene rings is 1. The summed E-state index contributed by atoms with van der Waals surface area (Å²) in [6.07, 6.45) is 25.7. The van der Waals surface area contributed by atoms with Gasteiger partial charge < -0.3 is 0 Å². The minimum absolute atomic E-state index is 0.471. The molecule has 0 fully saturated rings. The van der Waals surface area contributed by atoms with E-state index in [1.165, 1.54) is 62.3 Å². The van der Waals surface area contributed by atoms with Crippen LogP contribution in [-0.4, -0.2) is 5.25 Å². The van der Waals surface area contributed by atoms with Crippen molar-refractivity contribution in [1.29, 1.82) is 0 Å². The number of allylic oxidation sites excluding steroid dienone is 12. The van der Waals surface area contributed by atoms with Gasteiger partial charge in [0.15, 0.2) is 0 Å². The molecule has 0 amide bonds. The molecule has 208 valence electrons. The first-order valence-corrected chi connectivity index (χ1v) is 16.3. The lowest BCUT2D eigenvalue weighted by Crippen LogP contribution is -2.18. The molecule has 5 aliphatic rings. The maximum atomic E-state index is 3.98. The zero-order valence-corrected chi connectivity index (χ0v) is 25.2. The van der Waals surface area contributed by atoms with Crippen LogP contribution in [-0.2, 0) is 0 Å². The summed E-state index contributed by atoms with van der Waals surface area (Å²) in [4.78, 5) is 1.51. The molecule has 0 nitrogen and oxygen atoms in total. The van der Waals surface area contributed by atoms with Crippen LogP contribution in [0.15, 0.2) is 151 Å². The van der Waals surface area contributed by atoms with Crippen LogP contribution in [0.25, 0.3) is 16.1 Å². The van der Waals surface area contributed by atoms with E-state index in [0.29, 0.717) is 23.0 Å². The molecule has 0 radical (unpaired) electrons. The molecule has 4 atom stereocenters. The van der Waals surface area contributed by atoms with Gasteiger partial charge in [-0.05, 0) is 81.7 Å². The number of rotatable bonds is 4. The molecule has 1 aliphatic heterocycles. The van der Waals surface area contributed by atoms with Crippen LogP contribution in [0.5, 0.6) is 0 Å². The van der Waals surface area contributed by atoms with Gasteiger partial charge in [0.2, 0.25) is 0 Å². The highest BCUT2D eigenvalue weighted by Gasteiger charge is 2.40. The predicted octanol–water partition coefficient (Wildman–Crippen LogP) is 11.1. The third-order valence-corrected chi connectivity index (χ3v) is 10.8. The van der Waals surface area contributed by atoms with Gasteiger partial charge in [0.05, 0.1) is 0 Å². The summed E-state index contributed by atoms with van der Waals surface area (Å²) in [5, 5.41) is 0.484. The van der Waals surface area contributed by atoms with Gasteiger partial charge in [-0.15, -0.1) is 11.8 Å². The molecule has 0 bridgehead atoms. The van der Waals surface area contributed by atoms with Crippen LogP contribution < -0.4 is 0 Å². The van der Waals surface area contributed by atoms with Gasteiger partial charge in [0, 0.05) is 22.0 Å². The third-order valence-electron chi connectivity index (χ3n) is 9.33. The highest BCUT2D eigenvalue weighted by Crippen LogP contribution is 2.59. The number of hydrogen-bond donors (Lipinski definition) is 0. The second-order valence-electron chi connectivity index (χ2n) is 12.0. The van der Waals surface area contributed by atoms with Crippen LogP contribution in [0, 0.1) is 17.8 Å². The number of hydrogen-bond acceptors (Lipinski definition) is 1. The molecule has 0 saturated heterocycles. The molecule has 42 heavy (non-hydrogen) atoms. The van der Waals surface area contributed by atoms with Crippen molar-refractivity contribution in [2.75, 3.05) is 0 Å². The SMILES string of the molecule is C=C/C=C\C1=C2CC3=C(SC4C=C(C5C=CC(C)CC5)C=CC34)c3cccc(c32)C(c2ccccccccc2)=CC1. The van der Waals surface area contributed by atoms with Crippen molar-refractivity contribution >= 4 is 27.8 Å². The number of fused-ring (bicyclic) bond motifs is 3. The molecule has 4 unspecified atom stereocenters. The summed E-state index contributed by atoms with van der Waals surface area (Å²) in [6.45, 7) is 6.32. The minimum Gasteiger partial charge on any atom is -0.117 e. The summed E-state index contributed by atoms with van der Waals surface area (Å²) in [5.41, 5.74) is 12.8. The van der Waals surface area contributed by atoms with Gasteiger partial charge in [-0.2, -0.15) is 0 Å². The van der Waals surface area contributed by atoms with E-state index >= 15 is 0 Å². The van der Waals surface area contributed by atoms with E-state index in [1.54, 1.807) is 5.57 Å². The fraction of sp³-hybridized carbons (Fsp3) is 0.220. The Morgan fingerprint density at radius 3 is 2.40 bits per heavy atom. The van der Waals surface area contributed by atoms with Crippen molar-refractivity contribution in [1.82, 2.24) is 0 Å². The fourth-order valence-electron chi connectivity index (χ4n) is 7.17. The third kappa shape index (κ3) is 5.05. The quantitative estimate of drug-likeness (QED) is 0.264. The lowest BCUT2D eigenvalue weighted by molar-refractivity contribution is 0.518. The van der Waals surface area contributed by atoms with Crippen molar-refractivity contribution in [2.24, 2.45) is 17.8 Å². The van der Waals surface area contributed by atoms with E-state index in [9.17, 15) is 0 Å². The Morgan fingerprint density at radius 1 is 0.857 bits per heavy atom. The molecule has 0 N–H and O–H groups in total. The van der Waals surface area contributed by atoms with Crippen molar-refractivity contribution in [2.45, 2.75) is 37.9 Å². The smallest absolute Gasteiger partial charge is 0.0381 e. The molecular weight excluding hydrogens is 525 g/mol. The zero-order valence-electron chi connectivity index (χ0n) is 24.4. The van der Waals surface area contributed by atoms with Crippen LogP contribution in [0.4, 0.5) is 0 Å². The predicted molar refractivity (Wildman–Crippen MR) is 183 cm³/mol. The molecule has 1 heteroatoms. The standard InChI is InChI=1S/C41H38S/c1-3-4-13-31-22-24-33(30-14-10-8-6-5-7-9-11-15-30)35-16-12-17-36-40(35)37(31)27-38-34-25-23-32(26-39(34)42-41(36)38)29-20-18-28(2)19-21-29/h3-18,20,23-26,28-29,34,39H,1,19,21-22,27H2,2H3/b6-5?,7-5?,8-6?,9-7?,10-8?,11-9?,13-4-,14-10?,15-11?,30-14?,30-15?. The summed E-state index contributed by atoms with van der Waals surface area (Å²) < 4.78 is 0. The van der Waals surface area contributed by atoms with Crippen LogP contribution in [0.3, 0.4) is 0 Å². The van der Waals surface area contributed by atoms with Gasteiger partial charge >= 0.3 is 0 Å². The second kappa shape index (κ2) is 11.8. The van der Waals surface area contributed by atoms with Crippen LogP contribution >= 0.6 is 11.8 Å². The molecule has 1 heterocycles. The van der Waals surface area contributed by atoms with Gasteiger partial charge in [-0.25, -0.2) is 0 Å². The molecule has 7 rings (SSSR count). The second-order valence-corrected chi connectivity index (χ2v) is 13.2. The average Bonchev–Trinajstić information content (AvgIpc) is 3.31. The highest BCUT2D eigenvalue weighted by atomic mass is 32.2. The Balaban J connectivity index is 1.34. The Kier molecular flexibility index (Phi) is 7.61. The van der Waals surface area contributed by atoms with Gasteiger partial charge in [-0.3, -0.25) is 0 Å². The van der Waals surface area contributed by atoms with Gasteiger partial charge in [-0.1, -0.05) is 141 Å². The molecule has 2 aromatic rings. The molecule has 0 spiro atoms. The Bertz CT molecular complexity index is 1670. The first-order valence-electron chi connectivity index (χ1n) is 15.4. The lowest BCUT2D eigenvalue weighted by Gasteiger charge is -2.28. The Morgan fingerprint density at radius 2 is 1.64 bits per heavy atom.